The van der Waals surface area contributed by atoms with E-state index in [1.165, 1.54) is 11.9 Å². The van der Waals surface area contributed by atoms with E-state index in [4.69, 9.17) is 0 Å². The quantitative estimate of drug-likeness (QED) is 0.458. The number of likely N-dealkylation sites (N-methyl/N-ethyl adjacent to an activating group) is 2. The minimum absolute atomic E-state index is 0.0452. The fraction of sp³-hybridized carbons (Fsp3) is 0.519. The number of carbonyl (C=O) groups is 1. The molecule has 0 aliphatic carbocycles. The predicted molar refractivity (Wildman–Crippen MR) is 131 cm³/mol. The van der Waals surface area contributed by atoms with E-state index in [1.54, 1.807) is 0 Å². The smallest absolute Gasteiger partial charge is 0.395 e. The minimum Gasteiger partial charge on any atom is -0.395 e. The first-order valence-corrected chi connectivity index (χ1v) is 12.4. The van der Waals surface area contributed by atoms with Gasteiger partial charge in [-0.2, -0.15) is 26.3 Å². The van der Waals surface area contributed by atoms with Crippen LogP contribution >= 0.6 is 0 Å². The molecule has 0 bridgehead atoms. The summed E-state index contributed by atoms with van der Waals surface area (Å²) >= 11 is 0. The summed E-state index contributed by atoms with van der Waals surface area (Å²) in [6.45, 7) is 1.82. The van der Waals surface area contributed by atoms with Crippen LogP contribution in [0.15, 0.2) is 48.5 Å². The molecule has 38 heavy (non-hydrogen) atoms. The monoisotopic (exact) mass is 545 g/mol. The maximum absolute atomic E-state index is 13.6. The average Bonchev–Trinajstić information content (AvgIpc) is 2.87. The van der Waals surface area contributed by atoms with E-state index in [1.807, 2.05) is 37.4 Å². The lowest BCUT2D eigenvalue weighted by atomic mass is 9.97. The van der Waals surface area contributed by atoms with Crippen LogP contribution in [0.3, 0.4) is 0 Å². The summed E-state index contributed by atoms with van der Waals surface area (Å²) in [7, 11) is 3.46. The Morgan fingerprint density at radius 3 is 2.00 bits per heavy atom. The van der Waals surface area contributed by atoms with Crippen LogP contribution < -0.4 is 0 Å². The Kier molecular flexibility index (Phi) is 9.83. The summed E-state index contributed by atoms with van der Waals surface area (Å²) in [5.41, 5.74) is -2.11. The van der Waals surface area contributed by atoms with Gasteiger partial charge in [0.05, 0.1) is 17.7 Å². The fourth-order valence-electron chi connectivity index (χ4n) is 4.85. The molecule has 1 amide bonds. The number of nitrogens with zero attached hydrogens (tertiary/aromatic N) is 3. The molecule has 0 spiro atoms. The molecule has 2 aromatic rings. The number of hydrogen-bond donors (Lipinski definition) is 1. The van der Waals surface area contributed by atoms with Gasteiger partial charge in [0, 0.05) is 39.3 Å². The Hall–Kier alpha value is -2.63. The van der Waals surface area contributed by atoms with E-state index in [-0.39, 0.29) is 43.2 Å². The van der Waals surface area contributed by atoms with Gasteiger partial charge in [-0.15, -0.1) is 0 Å². The summed E-state index contributed by atoms with van der Waals surface area (Å²) in [5.74, 6) is -0.276. The molecule has 1 N–H and O–H groups in total. The largest absolute Gasteiger partial charge is 0.416 e. The first-order chi connectivity index (χ1) is 17.8. The lowest BCUT2D eigenvalue weighted by molar-refractivity contribution is -0.143. The zero-order valence-electron chi connectivity index (χ0n) is 21.4. The Bertz CT molecular complexity index is 1020. The maximum atomic E-state index is 13.6. The SMILES string of the molecule is CN(CCc1cc(C(F)(F)F)cc(C(F)(F)F)c1)C(=O)C(c1ccccc1)N1CCC(N(C)CCO)CC1. The van der Waals surface area contributed by atoms with Gasteiger partial charge in [-0.1, -0.05) is 30.3 Å². The summed E-state index contributed by atoms with van der Waals surface area (Å²) in [6.07, 6.45) is -8.42. The number of aliphatic hydroxyl groups is 1. The van der Waals surface area contributed by atoms with Crippen LogP contribution in [0, 0.1) is 0 Å². The first-order valence-electron chi connectivity index (χ1n) is 12.4. The van der Waals surface area contributed by atoms with E-state index >= 15 is 0 Å². The highest BCUT2D eigenvalue weighted by Gasteiger charge is 2.37. The number of rotatable bonds is 9. The maximum Gasteiger partial charge on any atom is 0.416 e. The molecule has 11 heteroatoms. The van der Waals surface area contributed by atoms with Gasteiger partial charge in [0.1, 0.15) is 6.04 Å². The second kappa shape index (κ2) is 12.5. The van der Waals surface area contributed by atoms with Crippen molar-refractivity contribution >= 4 is 5.91 Å². The van der Waals surface area contributed by atoms with Gasteiger partial charge < -0.3 is 14.9 Å². The van der Waals surface area contributed by atoms with Crippen molar-refractivity contribution < 1.29 is 36.2 Å². The third-order valence-electron chi connectivity index (χ3n) is 7.05. The molecule has 1 saturated heterocycles. The number of amides is 1. The standard InChI is InChI=1S/C27H33F6N3O2/c1-34(14-15-37)23-9-12-36(13-10-23)24(20-6-4-3-5-7-20)25(38)35(2)11-8-19-16-21(26(28,29)30)18-22(17-19)27(31,32)33/h3-7,16-18,23-24,37H,8-15H2,1-2H3. The molecule has 5 nitrogen and oxygen atoms in total. The van der Waals surface area contributed by atoms with Crippen molar-refractivity contribution in [2.75, 3.05) is 46.9 Å². The van der Waals surface area contributed by atoms with Crippen molar-refractivity contribution in [1.29, 1.82) is 0 Å². The van der Waals surface area contributed by atoms with Crippen molar-refractivity contribution in [3.63, 3.8) is 0 Å². The van der Waals surface area contributed by atoms with Gasteiger partial charge in [-0.25, -0.2) is 0 Å². The number of likely N-dealkylation sites (tertiary alicyclic amines) is 1. The third kappa shape index (κ3) is 7.70. The van der Waals surface area contributed by atoms with Gasteiger partial charge in [0.2, 0.25) is 5.91 Å². The highest BCUT2D eigenvalue weighted by molar-refractivity contribution is 5.83. The Labute approximate surface area is 218 Å². The number of hydrogen-bond acceptors (Lipinski definition) is 4. The van der Waals surface area contributed by atoms with Crippen molar-refractivity contribution in [2.24, 2.45) is 0 Å². The number of piperidine rings is 1. The number of alkyl halides is 6. The molecule has 0 radical (unpaired) electrons. The van der Waals surface area contributed by atoms with Crippen molar-refractivity contribution in [3.05, 3.63) is 70.8 Å². The van der Waals surface area contributed by atoms with E-state index in [0.29, 0.717) is 31.8 Å². The Morgan fingerprint density at radius 1 is 0.947 bits per heavy atom. The Morgan fingerprint density at radius 2 is 1.50 bits per heavy atom. The number of carbonyl (C=O) groups excluding carboxylic acids is 1. The zero-order valence-corrected chi connectivity index (χ0v) is 21.4. The summed E-state index contributed by atoms with van der Waals surface area (Å²) in [5, 5.41) is 9.22. The van der Waals surface area contributed by atoms with Gasteiger partial charge in [-0.05, 0) is 55.6 Å². The van der Waals surface area contributed by atoms with E-state index < -0.39 is 29.5 Å². The second-order valence-electron chi connectivity index (χ2n) is 9.71. The van der Waals surface area contributed by atoms with Crippen LogP contribution in [-0.4, -0.2) is 78.6 Å². The summed E-state index contributed by atoms with van der Waals surface area (Å²) in [4.78, 5) is 19.1. The average molecular weight is 546 g/mol. The van der Waals surface area contributed by atoms with Crippen LogP contribution in [0.2, 0.25) is 0 Å². The van der Waals surface area contributed by atoms with Crippen LogP contribution in [0.4, 0.5) is 26.3 Å². The molecule has 210 valence electrons. The van der Waals surface area contributed by atoms with Crippen LogP contribution in [0.1, 0.15) is 41.1 Å². The summed E-state index contributed by atoms with van der Waals surface area (Å²) in [6, 6.07) is 10.3. The molecule has 3 rings (SSSR count). The van der Waals surface area contributed by atoms with Crippen LogP contribution in [0.25, 0.3) is 0 Å². The van der Waals surface area contributed by atoms with Gasteiger partial charge in [0.15, 0.2) is 0 Å². The topological polar surface area (TPSA) is 47.0 Å². The van der Waals surface area contributed by atoms with Crippen molar-refractivity contribution in [2.45, 2.75) is 43.7 Å². The van der Waals surface area contributed by atoms with E-state index in [0.717, 1.165) is 18.4 Å². The highest BCUT2D eigenvalue weighted by Crippen LogP contribution is 2.36. The molecule has 1 fully saturated rings. The zero-order chi connectivity index (χ0) is 28.1. The molecule has 1 atom stereocenters. The molecule has 0 saturated carbocycles. The predicted octanol–water partition coefficient (Wildman–Crippen LogP) is 4.85. The lowest BCUT2D eigenvalue weighted by Crippen LogP contribution is -2.49. The van der Waals surface area contributed by atoms with Crippen LogP contribution in [-0.2, 0) is 23.6 Å². The van der Waals surface area contributed by atoms with Crippen molar-refractivity contribution in [3.8, 4) is 0 Å². The lowest BCUT2D eigenvalue weighted by Gasteiger charge is -2.40. The normalized spacial score (nSPS) is 16.6. The van der Waals surface area contributed by atoms with Gasteiger partial charge >= 0.3 is 12.4 Å². The Balaban J connectivity index is 1.76. The molecule has 1 unspecified atom stereocenters. The third-order valence-corrected chi connectivity index (χ3v) is 7.05. The first kappa shape index (κ1) is 29.9. The van der Waals surface area contributed by atoms with Gasteiger partial charge in [-0.3, -0.25) is 9.69 Å². The minimum atomic E-state index is -4.92. The highest BCUT2D eigenvalue weighted by atomic mass is 19.4. The molecule has 2 aromatic carbocycles. The fourth-order valence-corrected chi connectivity index (χ4v) is 4.85. The number of halogens is 6. The van der Waals surface area contributed by atoms with E-state index in [9.17, 15) is 36.2 Å². The van der Waals surface area contributed by atoms with Gasteiger partial charge in [0.25, 0.3) is 0 Å². The van der Waals surface area contributed by atoms with Crippen molar-refractivity contribution in [1.82, 2.24) is 14.7 Å². The molecule has 1 aliphatic heterocycles. The number of aliphatic hydroxyl groups excluding tert-OH is 1. The van der Waals surface area contributed by atoms with E-state index in [2.05, 4.69) is 9.80 Å². The summed E-state index contributed by atoms with van der Waals surface area (Å²) < 4.78 is 79.4. The molecule has 0 aromatic heterocycles. The molecule has 1 heterocycles. The number of benzene rings is 2. The molecular formula is C27H33F6N3O2. The van der Waals surface area contributed by atoms with Crippen LogP contribution in [0.5, 0.6) is 0 Å². The molecule has 1 aliphatic rings. The molecular weight excluding hydrogens is 512 g/mol. The second-order valence-corrected chi connectivity index (χ2v) is 9.71.